The lowest BCUT2D eigenvalue weighted by Gasteiger charge is -2.03. The van der Waals surface area contributed by atoms with Gasteiger partial charge in [-0.05, 0) is 16.3 Å². The molecule has 4 heteroatoms. The van der Waals surface area contributed by atoms with Gasteiger partial charge in [-0.15, -0.1) is 10.2 Å². The van der Waals surface area contributed by atoms with E-state index in [9.17, 15) is 0 Å². The van der Waals surface area contributed by atoms with Crippen molar-refractivity contribution in [2.45, 2.75) is 32.9 Å². The van der Waals surface area contributed by atoms with Crippen LogP contribution in [0.2, 0.25) is 0 Å². The number of benzene rings is 2. The zero-order chi connectivity index (χ0) is 14.7. The minimum Gasteiger partial charge on any atom is -0.308 e. The highest BCUT2D eigenvalue weighted by molar-refractivity contribution is 7.11. The van der Waals surface area contributed by atoms with E-state index in [-0.39, 0.29) is 0 Å². The Balaban J connectivity index is 1.72. The molecular weight excluding hydrogens is 278 g/mol. The van der Waals surface area contributed by atoms with Crippen molar-refractivity contribution in [1.82, 2.24) is 15.5 Å². The van der Waals surface area contributed by atoms with Crippen LogP contribution in [0.3, 0.4) is 0 Å². The summed E-state index contributed by atoms with van der Waals surface area (Å²) in [6.07, 6.45) is 0.851. The van der Waals surface area contributed by atoms with Gasteiger partial charge in [-0.25, -0.2) is 0 Å². The van der Waals surface area contributed by atoms with Gasteiger partial charge in [0.2, 0.25) is 0 Å². The van der Waals surface area contributed by atoms with Gasteiger partial charge in [0.05, 0.1) is 0 Å². The molecule has 3 rings (SSSR count). The van der Waals surface area contributed by atoms with Crippen molar-refractivity contribution in [1.29, 1.82) is 0 Å². The van der Waals surface area contributed by atoms with Gasteiger partial charge in [0, 0.05) is 19.0 Å². The Bertz CT molecular complexity index is 733. The number of aromatic nitrogens is 2. The topological polar surface area (TPSA) is 37.8 Å². The predicted molar refractivity (Wildman–Crippen MR) is 88.6 cm³/mol. The fraction of sp³-hybridized carbons (Fsp3) is 0.294. The predicted octanol–water partition coefficient (Wildman–Crippen LogP) is 3.78. The molecule has 3 aromatic rings. The maximum absolute atomic E-state index is 4.30. The fourth-order valence-electron chi connectivity index (χ4n) is 2.25. The van der Waals surface area contributed by atoms with Gasteiger partial charge in [0.15, 0.2) is 0 Å². The summed E-state index contributed by atoms with van der Waals surface area (Å²) in [5, 5.41) is 16.6. The van der Waals surface area contributed by atoms with E-state index < -0.39 is 0 Å². The van der Waals surface area contributed by atoms with E-state index in [1.165, 1.54) is 16.3 Å². The summed E-state index contributed by atoms with van der Waals surface area (Å²) in [5.41, 5.74) is 1.29. The summed E-state index contributed by atoms with van der Waals surface area (Å²) in [4.78, 5) is 0. The SMILES string of the molecule is CC(C)NCc1nnc(Cc2ccc3ccccc3c2)s1. The van der Waals surface area contributed by atoms with E-state index >= 15 is 0 Å². The largest absolute Gasteiger partial charge is 0.308 e. The van der Waals surface area contributed by atoms with Gasteiger partial charge < -0.3 is 5.32 Å². The lowest BCUT2D eigenvalue weighted by Crippen LogP contribution is -2.21. The Morgan fingerprint density at radius 3 is 2.57 bits per heavy atom. The van der Waals surface area contributed by atoms with Crippen LogP contribution in [0.15, 0.2) is 42.5 Å². The molecule has 0 saturated heterocycles. The summed E-state index contributed by atoms with van der Waals surface area (Å²) < 4.78 is 0. The third-order valence-corrected chi connectivity index (χ3v) is 4.26. The molecule has 0 unspecified atom stereocenters. The number of hydrogen-bond acceptors (Lipinski definition) is 4. The smallest absolute Gasteiger partial charge is 0.131 e. The molecule has 21 heavy (non-hydrogen) atoms. The molecule has 0 atom stereocenters. The monoisotopic (exact) mass is 297 g/mol. The molecule has 0 aliphatic carbocycles. The Hall–Kier alpha value is -1.78. The molecule has 0 saturated carbocycles. The van der Waals surface area contributed by atoms with Crippen LogP contribution < -0.4 is 5.32 Å². The summed E-state index contributed by atoms with van der Waals surface area (Å²) in [6.45, 7) is 5.07. The van der Waals surface area contributed by atoms with Crippen LogP contribution in [0, 0.1) is 0 Å². The van der Waals surface area contributed by atoms with Crippen molar-refractivity contribution in [3.8, 4) is 0 Å². The van der Waals surface area contributed by atoms with Crippen molar-refractivity contribution >= 4 is 22.1 Å². The molecule has 0 aliphatic rings. The zero-order valence-corrected chi connectivity index (χ0v) is 13.2. The normalized spacial score (nSPS) is 11.4. The van der Waals surface area contributed by atoms with Gasteiger partial charge in [-0.1, -0.05) is 67.6 Å². The van der Waals surface area contributed by atoms with E-state index in [0.717, 1.165) is 23.0 Å². The van der Waals surface area contributed by atoms with Crippen molar-refractivity contribution in [2.75, 3.05) is 0 Å². The van der Waals surface area contributed by atoms with Gasteiger partial charge >= 0.3 is 0 Å². The molecule has 0 spiro atoms. The van der Waals surface area contributed by atoms with Crippen LogP contribution in [0.4, 0.5) is 0 Å². The third-order valence-electron chi connectivity index (χ3n) is 3.34. The Morgan fingerprint density at radius 2 is 1.76 bits per heavy atom. The first-order chi connectivity index (χ1) is 10.2. The first kappa shape index (κ1) is 14.2. The van der Waals surface area contributed by atoms with Crippen LogP contribution in [0.25, 0.3) is 10.8 Å². The van der Waals surface area contributed by atoms with E-state index in [4.69, 9.17) is 0 Å². The Kier molecular flexibility index (Phi) is 4.27. The fourth-order valence-corrected chi connectivity index (χ4v) is 3.08. The summed E-state index contributed by atoms with van der Waals surface area (Å²) in [6, 6.07) is 15.5. The van der Waals surface area contributed by atoms with Gasteiger partial charge in [-0.2, -0.15) is 0 Å². The number of nitrogens with one attached hydrogen (secondary N) is 1. The average Bonchev–Trinajstić information content (AvgIpc) is 2.92. The summed E-state index contributed by atoms with van der Waals surface area (Å²) in [5.74, 6) is 0. The average molecular weight is 297 g/mol. The second-order valence-electron chi connectivity index (χ2n) is 5.48. The van der Waals surface area contributed by atoms with Gasteiger partial charge in [-0.3, -0.25) is 0 Å². The lowest BCUT2D eigenvalue weighted by molar-refractivity contribution is 0.584. The molecule has 0 radical (unpaired) electrons. The van der Waals surface area contributed by atoms with Crippen LogP contribution in [-0.4, -0.2) is 16.2 Å². The van der Waals surface area contributed by atoms with E-state index in [2.05, 4.69) is 71.8 Å². The highest BCUT2D eigenvalue weighted by Gasteiger charge is 2.06. The maximum Gasteiger partial charge on any atom is 0.131 e. The first-order valence-corrected chi connectivity index (χ1v) is 8.04. The minimum absolute atomic E-state index is 0.470. The molecule has 0 amide bonds. The lowest BCUT2D eigenvalue weighted by atomic mass is 10.1. The molecule has 3 nitrogen and oxygen atoms in total. The standard InChI is InChI=1S/C17H19N3S/c1-12(2)18-11-17-20-19-16(21-17)10-13-7-8-14-5-3-4-6-15(14)9-13/h3-9,12,18H,10-11H2,1-2H3. The van der Waals surface area contributed by atoms with Crippen LogP contribution >= 0.6 is 11.3 Å². The van der Waals surface area contributed by atoms with Crippen LogP contribution in [0.5, 0.6) is 0 Å². The molecule has 108 valence electrons. The molecule has 0 aliphatic heterocycles. The van der Waals surface area contributed by atoms with Crippen molar-refractivity contribution in [3.05, 3.63) is 58.0 Å². The molecule has 0 fully saturated rings. The van der Waals surface area contributed by atoms with E-state index in [1.807, 2.05) is 0 Å². The maximum atomic E-state index is 4.30. The number of nitrogens with zero attached hydrogens (tertiary/aromatic N) is 2. The second-order valence-corrected chi connectivity index (χ2v) is 6.63. The Morgan fingerprint density at radius 1 is 1.00 bits per heavy atom. The third kappa shape index (κ3) is 3.65. The van der Waals surface area contributed by atoms with Crippen molar-refractivity contribution in [3.63, 3.8) is 0 Å². The summed E-state index contributed by atoms with van der Waals surface area (Å²) >= 11 is 1.69. The Labute approximate surface area is 129 Å². The quantitative estimate of drug-likeness (QED) is 0.779. The number of rotatable bonds is 5. The molecule has 0 bridgehead atoms. The van der Waals surface area contributed by atoms with Crippen LogP contribution in [0.1, 0.15) is 29.4 Å². The summed E-state index contributed by atoms with van der Waals surface area (Å²) in [7, 11) is 0. The highest BCUT2D eigenvalue weighted by Crippen LogP contribution is 2.19. The van der Waals surface area contributed by atoms with E-state index in [0.29, 0.717) is 6.04 Å². The molecule has 1 aromatic heterocycles. The van der Waals surface area contributed by atoms with Gasteiger partial charge in [0.1, 0.15) is 10.0 Å². The van der Waals surface area contributed by atoms with Crippen molar-refractivity contribution < 1.29 is 0 Å². The van der Waals surface area contributed by atoms with Gasteiger partial charge in [0.25, 0.3) is 0 Å². The molecule has 2 aromatic carbocycles. The number of fused-ring (bicyclic) bond motifs is 1. The first-order valence-electron chi connectivity index (χ1n) is 7.23. The van der Waals surface area contributed by atoms with E-state index in [1.54, 1.807) is 11.3 Å². The highest BCUT2D eigenvalue weighted by atomic mass is 32.1. The molecule has 1 heterocycles. The zero-order valence-electron chi connectivity index (χ0n) is 12.3. The molecule has 1 N–H and O–H groups in total. The minimum atomic E-state index is 0.470. The number of hydrogen-bond donors (Lipinski definition) is 1. The van der Waals surface area contributed by atoms with Crippen molar-refractivity contribution in [2.24, 2.45) is 0 Å². The molecular formula is C17H19N3S. The second kappa shape index (κ2) is 6.33. The van der Waals surface area contributed by atoms with Crippen LogP contribution in [-0.2, 0) is 13.0 Å².